The summed E-state index contributed by atoms with van der Waals surface area (Å²) in [4.78, 5) is 20.1. The highest BCUT2D eigenvalue weighted by atomic mass is 35.5. The van der Waals surface area contributed by atoms with E-state index < -0.39 is 0 Å². The lowest BCUT2D eigenvalue weighted by molar-refractivity contribution is -0.122. The van der Waals surface area contributed by atoms with Crippen molar-refractivity contribution in [1.82, 2.24) is 4.90 Å². The van der Waals surface area contributed by atoms with E-state index in [1.165, 1.54) is 11.8 Å². The van der Waals surface area contributed by atoms with Gasteiger partial charge in [0.05, 0.1) is 28.8 Å². The van der Waals surface area contributed by atoms with Crippen molar-refractivity contribution in [3.63, 3.8) is 0 Å². The standard InChI is InChI=1S/C24H27ClN2O3S/c1-5-12-27-23(28)21(31-24(27)26-18-10-8-7-9-11-18)15-17-13-19(25)22(20(14-17)29-4)30-16(3)6-2/h7-11,13-16H,5-6,12H2,1-4H3. The highest BCUT2D eigenvalue weighted by molar-refractivity contribution is 8.18. The molecule has 2 aromatic rings. The number of para-hydroxylation sites is 1. The molecule has 1 heterocycles. The van der Waals surface area contributed by atoms with Gasteiger partial charge in [-0.3, -0.25) is 9.69 Å². The van der Waals surface area contributed by atoms with Crippen LogP contribution in [-0.2, 0) is 4.79 Å². The Kier molecular flexibility index (Phi) is 8.04. The molecule has 1 saturated heterocycles. The number of carbonyl (C=O) groups is 1. The summed E-state index contributed by atoms with van der Waals surface area (Å²) in [5, 5.41) is 1.13. The van der Waals surface area contributed by atoms with Gasteiger partial charge in [0.25, 0.3) is 5.91 Å². The zero-order valence-corrected chi connectivity index (χ0v) is 19.8. The molecule has 0 bridgehead atoms. The number of benzene rings is 2. The van der Waals surface area contributed by atoms with Crippen molar-refractivity contribution in [1.29, 1.82) is 0 Å². The molecule has 0 N–H and O–H groups in total. The predicted octanol–water partition coefficient (Wildman–Crippen LogP) is 6.54. The molecule has 3 rings (SSSR count). The Morgan fingerprint density at radius 2 is 1.97 bits per heavy atom. The Morgan fingerprint density at radius 1 is 1.23 bits per heavy atom. The number of halogens is 1. The Labute approximate surface area is 193 Å². The summed E-state index contributed by atoms with van der Waals surface area (Å²) >= 11 is 7.86. The molecule has 1 atom stereocenters. The molecule has 0 spiro atoms. The average Bonchev–Trinajstić information content (AvgIpc) is 3.05. The maximum absolute atomic E-state index is 13.1. The largest absolute Gasteiger partial charge is 0.493 e. The molecule has 0 saturated carbocycles. The van der Waals surface area contributed by atoms with E-state index in [1.807, 2.05) is 63.2 Å². The SMILES string of the molecule is CCCN1C(=O)C(=Cc2cc(Cl)c(OC(C)CC)c(OC)c2)SC1=Nc1ccccc1. The van der Waals surface area contributed by atoms with E-state index in [1.54, 1.807) is 18.1 Å². The molecular weight excluding hydrogens is 432 g/mol. The Bertz CT molecular complexity index is 992. The minimum atomic E-state index is -0.0587. The van der Waals surface area contributed by atoms with Crippen LogP contribution in [-0.4, -0.2) is 35.7 Å². The van der Waals surface area contributed by atoms with Gasteiger partial charge in [0.1, 0.15) is 0 Å². The first-order chi connectivity index (χ1) is 15.0. The number of carbonyl (C=O) groups excluding carboxylic acids is 1. The van der Waals surface area contributed by atoms with Crippen molar-refractivity contribution in [2.45, 2.75) is 39.7 Å². The number of hydrogen-bond donors (Lipinski definition) is 0. The zero-order valence-electron chi connectivity index (χ0n) is 18.2. The number of methoxy groups -OCH3 is 1. The van der Waals surface area contributed by atoms with Crippen molar-refractivity contribution in [3.8, 4) is 11.5 Å². The van der Waals surface area contributed by atoms with Gasteiger partial charge in [0, 0.05) is 6.54 Å². The van der Waals surface area contributed by atoms with Gasteiger partial charge in [0.15, 0.2) is 16.7 Å². The van der Waals surface area contributed by atoms with Gasteiger partial charge in [-0.25, -0.2) is 4.99 Å². The number of aliphatic imine (C=N–C) groups is 1. The monoisotopic (exact) mass is 458 g/mol. The number of hydrogen-bond acceptors (Lipinski definition) is 5. The minimum Gasteiger partial charge on any atom is -0.493 e. The Hall–Kier alpha value is -2.44. The van der Waals surface area contributed by atoms with E-state index in [2.05, 4.69) is 4.99 Å². The summed E-state index contributed by atoms with van der Waals surface area (Å²) in [7, 11) is 1.58. The van der Waals surface area contributed by atoms with Gasteiger partial charge in [-0.05, 0) is 67.4 Å². The molecule has 7 heteroatoms. The quantitative estimate of drug-likeness (QED) is 0.421. The topological polar surface area (TPSA) is 51.1 Å². The fourth-order valence-electron chi connectivity index (χ4n) is 3.00. The molecule has 164 valence electrons. The van der Waals surface area contributed by atoms with Crippen molar-refractivity contribution >= 4 is 46.2 Å². The Morgan fingerprint density at radius 3 is 2.61 bits per heavy atom. The summed E-state index contributed by atoms with van der Waals surface area (Å²) in [6.45, 7) is 6.68. The summed E-state index contributed by atoms with van der Waals surface area (Å²) in [6, 6.07) is 13.3. The first kappa shape index (κ1) is 23.2. The summed E-state index contributed by atoms with van der Waals surface area (Å²) < 4.78 is 11.4. The predicted molar refractivity (Wildman–Crippen MR) is 129 cm³/mol. The zero-order chi connectivity index (χ0) is 22.4. The minimum absolute atomic E-state index is 0.0157. The van der Waals surface area contributed by atoms with Crippen LogP contribution < -0.4 is 9.47 Å². The van der Waals surface area contributed by atoms with Gasteiger partial charge in [-0.1, -0.05) is 43.6 Å². The number of thioether (sulfide) groups is 1. The third kappa shape index (κ3) is 5.63. The summed E-state index contributed by atoms with van der Waals surface area (Å²) in [5.41, 5.74) is 1.59. The van der Waals surface area contributed by atoms with Crippen LogP contribution in [0.4, 0.5) is 5.69 Å². The molecule has 0 aliphatic carbocycles. The van der Waals surface area contributed by atoms with Crippen molar-refractivity contribution in [2.24, 2.45) is 4.99 Å². The van der Waals surface area contributed by atoms with E-state index in [9.17, 15) is 4.79 Å². The fraction of sp³-hybridized carbons (Fsp3) is 0.333. The number of ether oxygens (including phenoxy) is 2. The second kappa shape index (κ2) is 10.7. The average molecular weight is 459 g/mol. The lowest BCUT2D eigenvalue weighted by Crippen LogP contribution is -2.29. The normalized spacial score (nSPS) is 17.5. The third-order valence-electron chi connectivity index (χ3n) is 4.76. The molecule has 2 aromatic carbocycles. The molecule has 1 amide bonds. The van der Waals surface area contributed by atoms with Crippen LogP contribution in [0.1, 0.15) is 39.2 Å². The van der Waals surface area contributed by atoms with Crippen LogP contribution in [0.25, 0.3) is 6.08 Å². The lowest BCUT2D eigenvalue weighted by atomic mass is 10.1. The number of nitrogens with zero attached hydrogens (tertiary/aromatic N) is 2. The molecule has 1 aliphatic heterocycles. The molecule has 5 nitrogen and oxygen atoms in total. The number of amides is 1. The van der Waals surface area contributed by atoms with E-state index in [-0.39, 0.29) is 12.0 Å². The van der Waals surface area contributed by atoms with Crippen LogP contribution in [0.2, 0.25) is 5.02 Å². The molecular formula is C24H27ClN2O3S. The molecule has 0 radical (unpaired) electrons. The first-order valence-corrected chi connectivity index (χ1v) is 11.6. The fourth-order valence-corrected chi connectivity index (χ4v) is 4.29. The Balaban J connectivity index is 1.94. The van der Waals surface area contributed by atoms with Crippen LogP contribution in [0.5, 0.6) is 11.5 Å². The van der Waals surface area contributed by atoms with Crippen LogP contribution >= 0.6 is 23.4 Å². The van der Waals surface area contributed by atoms with Crippen LogP contribution in [0.15, 0.2) is 52.4 Å². The molecule has 1 unspecified atom stereocenters. The van der Waals surface area contributed by atoms with E-state index in [0.717, 1.165) is 24.1 Å². The van der Waals surface area contributed by atoms with Gasteiger partial charge < -0.3 is 9.47 Å². The maximum atomic E-state index is 13.1. The van der Waals surface area contributed by atoms with Gasteiger partial charge in [-0.2, -0.15) is 0 Å². The number of amidine groups is 1. The lowest BCUT2D eigenvalue weighted by Gasteiger charge is -2.17. The highest BCUT2D eigenvalue weighted by Gasteiger charge is 2.33. The van der Waals surface area contributed by atoms with Crippen molar-refractivity contribution in [3.05, 3.63) is 58.0 Å². The first-order valence-electron chi connectivity index (χ1n) is 10.4. The van der Waals surface area contributed by atoms with Gasteiger partial charge in [-0.15, -0.1) is 0 Å². The highest BCUT2D eigenvalue weighted by Crippen LogP contribution is 2.40. The molecule has 1 fully saturated rings. The van der Waals surface area contributed by atoms with Crippen molar-refractivity contribution in [2.75, 3.05) is 13.7 Å². The van der Waals surface area contributed by atoms with Gasteiger partial charge in [0.2, 0.25) is 0 Å². The molecule has 0 aromatic heterocycles. The van der Waals surface area contributed by atoms with Crippen LogP contribution in [0.3, 0.4) is 0 Å². The number of rotatable bonds is 8. The summed E-state index contributed by atoms with van der Waals surface area (Å²) in [6.07, 6.45) is 3.54. The van der Waals surface area contributed by atoms with Gasteiger partial charge >= 0.3 is 0 Å². The molecule has 1 aliphatic rings. The van der Waals surface area contributed by atoms with E-state index in [4.69, 9.17) is 21.1 Å². The van der Waals surface area contributed by atoms with E-state index >= 15 is 0 Å². The van der Waals surface area contributed by atoms with E-state index in [0.29, 0.717) is 33.1 Å². The van der Waals surface area contributed by atoms with Crippen molar-refractivity contribution < 1.29 is 14.3 Å². The second-order valence-corrected chi connectivity index (χ2v) is 8.58. The smallest absolute Gasteiger partial charge is 0.266 e. The van der Waals surface area contributed by atoms with Crippen LogP contribution in [0, 0.1) is 0 Å². The second-order valence-electron chi connectivity index (χ2n) is 7.17. The third-order valence-corrected chi connectivity index (χ3v) is 6.05. The summed E-state index contributed by atoms with van der Waals surface area (Å²) in [5.74, 6) is 1.00. The molecule has 31 heavy (non-hydrogen) atoms. The maximum Gasteiger partial charge on any atom is 0.266 e.